The van der Waals surface area contributed by atoms with Crippen LogP contribution >= 0.6 is 0 Å². The molecular formula is C17H24N4O4. The Morgan fingerprint density at radius 1 is 1.20 bits per heavy atom. The van der Waals surface area contributed by atoms with Crippen molar-refractivity contribution in [2.24, 2.45) is 0 Å². The summed E-state index contributed by atoms with van der Waals surface area (Å²) in [7, 11) is 1.54. The molecule has 0 N–H and O–H groups in total. The Balaban J connectivity index is 2.00. The third kappa shape index (κ3) is 5.17. The van der Waals surface area contributed by atoms with E-state index in [-0.39, 0.29) is 6.61 Å². The van der Waals surface area contributed by atoms with Gasteiger partial charge in [0.05, 0.1) is 19.3 Å². The van der Waals surface area contributed by atoms with E-state index in [0.717, 1.165) is 19.3 Å². The lowest BCUT2D eigenvalue weighted by molar-refractivity contribution is 0.0456. The molecule has 2 rings (SSSR count). The van der Waals surface area contributed by atoms with Crippen LogP contribution in [0.2, 0.25) is 0 Å². The van der Waals surface area contributed by atoms with Gasteiger partial charge in [0.25, 0.3) is 0 Å². The van der Waals surface area contributed by atoms with Gasteiger partial charge in [-0.1, -0.05) is 20.3 Å². The Bertz CT molecular complexity index is 687. The summed E-state index contributed by atoms with van der Waals surface area (Å²) in [5, 5.41) is 11.3. The number of aromatic nitrogens is 4. The molecule has 0 amide bonds. The molecule has 0 aliphatic carbocycles. The molecule has 0 fully saturated rings. The Hall–Kier alpha value is -2.64. The van der Waals surface area contributed by atoms with E-state index in [2.05, 4.69) is 22.4 Å². The molecule has 25 heavy (non-hydrogen) atoms. The molecule has 2 aromatic rings. The van der Waals surface area contributed by atoms with Gasteiger partial charge in [-0.05, 0) is 41.5 Å². The Kier molecular flexibility index (Phi) is 7.18. The first-order valence-corrected chi connectivity index (χ1v) is 8.42. The molecule has 0 saturated heterocycles. The second-order valence-electron chi connectivity index (χ2n) is 5.46. The molecule has 0 unspecified atom stereocenters. The lowest BCUT2D eigenvalue weighted by Crippen LogP contribution is -2.11. The maximum absolute atomic E-state index is 12.3. The molecule has 0 aliphatic heterocycles. The quantitative estimate of drug-likeness (QED) is 0.482. The topological polar surface area (TPSA) is 88.4 Å². The van der Waals surface area contributed by atoms with Crippen molar-refractivity contribution in [2.45, 2.75) is 46.3 Å². The standard InChI is InChI=1S/C17H24N4O4/c1-4-6-10-24-14-8-7-13(11-15(14)23-3)17(22)25-12-16-18-19-20-21(16)9-5-2/h7-8,11H,4-6,9-10,12H2,1-3H3. The van der Waals surface area contributed by atoms with Gasteiger partial charge in [-0.15, -0.1) is 5.10 Å². The van der Waals surface area contributed by atoms with Crippen molar-refractivity contribution in [3.8, 4) is 11.5 Å². The van der Waals surface area contributed by atoms with Crippen molar-refractivity contribution >= 4 is 5.97 Å². The van der Waals surface area contributed by atoms with Crippen molar-refractivity contribution in [1.82, 2.24) is 20.2 Å². The van der Waals surface area contributed by atoms with Gasteiger partial charge in [0.1, 0.15) is 0 Å². The number of rotatable bonds is 10. The molecule has 0 atom stereocenters. The normalized spacial score (nSPS) is 10.5. The van der Waals surface area contributed by atoms with Crippen molar-refractivity contribution in [3.63, 3.8) is 0 Å². The van der Waals surface area contributed by atoms with E-state index in [1.165, 1.54) is 7.11 Å². The van der Waals surface area contributed by atoms with Crippen LogP contribution < -0.4 is 9.47 Å². The van der Waals surface area contributed by atoms with Crippen LogP contribution in [0, 0.1) is 0 Å². The molecule has 0 bridgehead atoms. The summed E-state index contributed by atoms with van der Waals surface area (Å²) >= 11 is 0. The van der Waals surface area contributed by atoms with Crippen LogP contribution in [0.1, 0.15) is 49.3 Å². The molecule has 0 spiro atoms. The third-order valence-electron chi connectivity index (χ3n) is 3.53. The highest BCUT2D eigenvalue weighted by Crippen LogP contribution is 2.28. The molecule has 136 valence electrons. The fraction of sp³-hybridized carbons (Fsp3) is 0.529. The number of hydrogen-bond donors (Lipinski definition) is 0. The number of carbonyl (C=O) groups is 1. The zero-order chi connectivity index (χ0) is 18.1. The Labute approximate surface area is 147 Å². The third-order valence-corrected chi connectivity index (χ3v) is 3.53. The van der Waals surface area contributed by atoms with E-state index in [1.54, 1.807) is 22.9 Å². The summed E-state index contributed by atoms with van der Waals surface area (Å²) in [6.45, 7) is 5.42. The van der Waals surface area contributed by atoms with Crippen LogP contribution in [-0.2, 0) is 17.9 Å². The second kappa shape index (κ2) is 9.61. The van der Waals surface area contributed by atoms with Crippen molar-refractivity contribution in [3.05, 3.63) is 29.6 Å². The molecule has 0 aliphatic rings. The van der Waals surface area contributed by atoms with Crippen LogP contribution in [0.4, 0.5) is 0 Å². The smallest absolute Gasteiger partial charge is 0.338 e. The maximum Gasteiger partial charge on any atom is 0.338 e. The van der Waals surface area contributed by atoms with Crippen molar-refractivity contribution in [1.29, 1.82) is 0 Å². The first-order valence-electron chi connectivity index (χ1n) is 8.42. The number of unbranched alkanes of at least 4 members (excludes halogenated alkanes) is 1. The molecule has 0 radical (unpaired) electrons. The van der Waals surface area contributed by atoms with Crippen LogP contribution in [0.15, 0.2) is 18.2 Å². The first-order chi connectivity index (χ1) is 12.2. The number of nitrogens with zero attached hydrogens (tertiary/aromatic N) is 4. The SMILES string of the molecule is CCCCOc1ccc(C(=O)OCc2nnnn2CCC)cc1OC. The molecular weight excluding hydrogens is 324 g/mol. The predicted molar refractivity (Wildman–Crippen MR) is 90.6 cm³/mol. The summed E-state index contributed by atoms with van der Waals surface area (Å²) < 4.78 is 17.9. The Morgan fingerprint density at radius 2 is 2.04 bits per heavy atom. The largest absolute Gasteiger partial charge is 0.493 e. The summed E-state index contributed by atoms with van der Waals surface area (Å²) in [6.07, 6.45) is 2.90. The molecule has 8 nitrogen and oxygen atoms in total. The van der Waals surface area contributed by atoms with Crippen LogP contribution in [0.25, 0.3) is 0 Å². The molecule has 8 heteroatoms. The monoisotopic (exact) mass is 348 g/mol. The van der Waals surface area contributed by atoms with E-state index < -0.39 is 5.97 Å². The van der Waals surface area contributed by atoms with Gasteiger partial charge < -0.3 is 14.2 Å². The second-order valence-corrected chi connectivity index (χ2v) is 5.46. The lowest BCUT2D eigenvalue weighted by Gasteiger charge is -2.12. The number of aryl methyl sites for hydroxylation is 1. The zero-order valence-corrected chi connectivity index (χ0v) is 14.9. The average Bonchev–Trinajstić information content (AvgIpc) is 3.07. The fourth-order valence-electron chi connectivity index (χ4n) is 2.17. The van der Waals surface area contributed by atoms with E-state index >= 15 is 0 Å². The highest BCUT2D eigenvalue weighted by Gasteiger charge is 2.14. The summed E-state index contributed by atoms with van der Waals surface area (Å²) in [6, 6.07) is 4.98. The predicted octanol–water partition coefficient (Wildman–Crippen LogP) is 2.63. The summed E-state index contributed by atoms with van der Waals surface area (Å²) in [5.74, 6) is 1.16. The zero-order valence-electron chi connectivity index (χ0n) is 14.9. The fourth-order valence-corrected chi connectivity index (χ4v) is 2.17. The number of benzene rings is 1. The number of hydrogen-bond acceptors (Lipinski definition) is 7. The van der Waals surface area contributed by atoms with Gasteiger partial charge in [-0.25, -0.2) is 9.48 Å². The van der Waals surface area contributed by atoms with Gasteiger partial charge in [-0.2, -0.15) is 0 Å². The lowest BCUT2D eigenvalue weighted by atomic mass is 10.2. The number of esters is 1. The van der Waals surface area contributed by atoms with Crippen molar-refractivity contribution in [2.75, 3.05) is 13.7 Å². The van der Waals surface area contributed by atoms with E-state index in [4.69, 9.17) is 14.2 Å². The van der Waals surface area contributed by atoms with E-state index in [0.29, 0.717) is 36.0 Å². The van der Waals surface area contributed by atoms with Crippen LogP contribution in [0.5, 0.6) is 11.5 Å². The van der Waals surface area contributed by atoms with Crippen LogP contribution in [-0.4, -0.2) is 39.9 Å². The van der Waals surface area contributed by atoms with Gasteiger partial charge in [0.2, 0.25) is 0 Å². The molecule has 1 aromatic carbocycles. The summed E-state index contributed by atoms with van der Waals surface area (Å²) in [5.41, 5.74) is 0.384. The Morgan fingerprint density at radius 3 is 2.76 bits per heavy atom. The number of tetrazole rings is 1. The van der Waals surface area contributed by atoms with Gasteiger partial charge in [0, 0.05) is 6.54 Å². The number of carbonyl (C=O) groups excluding carboxylic acids is 1. The highest BCUT2D eigenvalue weighted by molar-refractivity contribution is 5.90. The summed E-state index contributed by atoms with van der Waals surface area (Å²) in [4.78, 5) is 12.3. The van der Waals surface area contributed by atoms with Gasteiger partial charge in [-0.3, -0.25) is 0 Å². The number of methoxy groups -OCH3 is 1. The minimum absolute atomic E-state index is 0.0168. The van der Waals surface area contributed by atoms with Gasteiger partial charge in [0.15, 0.2) is 23.9 Å². The van der Waals surface area contributed by atoms with Crippen LogP contribution in [0.3, 0.4) is 0 Å². The van der Waals surface area contributed by atoms with E-state index in [1.807, 2.05) is 6.92 Å². The van der Waals surface area contributed by atoms with E-state index in [9.17, 15) is 4.79 Å². The molecule has 1 heterocycles. The maximum atomic E-state index is 12.3. The minimum Gasteiger partial charge on any atom is -0.493 e. The minimum atomic E-state index is -0.468. The molecule has 1 aromatic heterocycles. The van der Waals surface area contributed by atoms with Crippen molar-refractivity contribution < 1.29 is 19.0 Å². The average molecular weight is 348 g/mol. The molecule has 0 saturated carbocycles. The van der Waals surface area contributed by atoms with Gasteiger partial charge >= 0.3 is 5.97 Å². The first kappa shape index (κ1) is 18.7. The number of ether oxygens (including phenoxy) is 3. The highest BCUT2D eigenvalue weighted by atomic mass is 16.5.